The lowest BCUT2D eigenvalue weighted by Crippen LogP contribution is -2.49. The quantitative estimate of drug-likeness (QED) is 0.844. The largest absolute Gasteiger partial charge is 0.464 e. The van der Waals surface area contributed by atoms with E-state index in [4.69, 9.17) is 10.2 Å². The number of benzene rings is 1. The Morgan fingerprint density at radius 2 is 1.83 bits per heavy atom. The highest BCUT2D eigenvalue weighted by Gasteiger charge is 2.21. The van der Waals surface area contributed by atoms with E-state index in [1.54, 1.807) is 6.26 Å². The van der Waals surface area contributed by atoms with E-state index in [-0.39, 0.29) is 23.9 Å². The van der Waals surface area contributed by atoms with Crippen LogP contribution in [0.4, 0.5) is 0 Å². The van der Waals surface area contributed by atoms with Crippen molar-refractivity contribution in [2.24, 2.45) is 5.73 Å². The van der Waals surface area contributed by atoms with Gasteiger partial charge in [-0.3, -0.25) is 4.79 Å². The lowest BCUT2D eigenvalue weighted by molar-refractivity contribution is -0.120. The number of hydrogen-bond acceptors (Lipinski definition) is 3. The Labute approximate surface area is 144 Å². The predicted molar refractivity (Wildman–Crippen MR) is 97.2 cm³/mol. The highest BCUT2D eigenvalue weighted by atomic mass is 35.5. The van der Waals surface area contributed by atoms with Gasteiger partial charge >= 0.3 is 0 Å². The fraction of sp³-hybridized carbons (Fsp3) is 0.500. The third kappa shape index (κ3) is 4.49. The van der Waals surface area contributed by atoms with Crippen LogP contribution in [-0.2, 0) is 11.2 Å². The highest BCUT2D eigenvalue weighted by molar-refractivity contribution is 5.88. The number of nitrogens with two attached hydrogens (primary N) is 1. The van der Waals surface area contributed by atoms with E-state index in [9.17, 15) is 4.79 Å². The first-order chi connectivity index (χ1) is 10.4. The van der Waals surface area contributed by atoms with Gasteiger partial charge in [0.15, 0.2) is 0 Å². The van der Waals surface area contributed by atoms with Crippen LogP contribution < -0.4 is 11.1 Å². The summed E-state index contributed by atoms with van der Waals surface area (Å²) in [6, 6.07) is 4.10. The summed E-state index contributed by atoms with van der Waals surface area (Å²) in [6.07, 6.45) is 3.69. The highest BCUT2D eigenvalue weighted by Crippen LogP contribution is 2.25. The number of fused-ring (bicyclic) bond motifs is 1. The second-order valence-corrected chi connectivity index (χ2v) is 6.22. The van der Waals surface area contributed by atoms with Crippen molar-refractivity contribution < 1.29 is 9.21 Å². The van der Waals surface area contributed by atoms with Crippen LogP contribution in [0, 0.1) is 13.8 Å². The molecule has 0 bridgehead atoms. The van der Waals surface area contributed by atoms with Crippen molar-refractivity contribution in [2.45, 2.75) is 52.5 Å². The lowest BCUT2D eigenvalue weighted by Gasteiger charge is -2.26. The number of amides is 1. The molecule has 0 saturated heterocycles. The molecule has 23 heavy (non-hydrogen) atoms. The van der Waals surface area contributed by atoms with Gasteiger partial charge in [-0.25, -0.2) is 0 Å². The summed E-state index contributed by atoms with van der Waals surface area (Å²) in [4.78, 5) is 12.2. The minimum absolute atomic E-state index is 0. The van der Waals surface area contributed by atoms with Crippen molar-refractivity contribution in [2.75, 3.05) is 6.54 Å². The predicted octanol–water partition coefficient (Wildman–Crippen LogP) is 3.65. The van der Waals surface area contributed by atoms with Crippen molar-refractivity contribution in [3.05, 3.63) is 35.1 Å². The van der Waals surface area contributed by atoms with Crippen molar-refractivity contribution >= 4 is 29.3 Å². The SMILES string of the molecule is CCC(N)(CC)CNC(=O)Cc1coc2cc(C)c(C)cc12.Cl. The van der Waals surface area contributed by atoms with Crippen LogP contribution in [0.25, 0.3) is 11.0 Å². The molecule has 0 fully saturated rings. The molecule has 5 heteroatoms. The van der Waals surface area contributed by atoms with E-state index in [2.05, 4.69) is 25.2 Å². The van der Waals surface area contributed by atoms with Crippen molar-refractivity contribution in [3.63, 3.8) is 0 Å². The molecule has 0 aliphatic carbocycles. The zero-order valence-corrected chi connectivity index (χ0v) is 15.2. The van der Waals surface area contributed by atoms with Gasteiger partial charge in [0.1, 0.15) is 5.58 Å². The second kappa shape index (κ2) is 7.84. The first-order valence-electron chi connectivity index (χ1n) is 7.91. The molecule has 0 atom stereocenters. The molecule has 1 heterocycles. The van der Waals surface area contributed by atoms with E-state index >= 15 is 0 Å². The maximum Gasteiger partial charge on any atom is 0.224 e. The number of aryl methyl sites for hydroxylation is 2. The molecule has 2 rings (SSSR count). The molecule has 0 unspecified atom stereocenters. The van der Waals surface area contributed by atoms with Gasteiger partial charge in [0.25, 0.3) is 0 Å². The second-order valence-electron chi connectivity index (χ2n) is 6.22. The molecule has 3 N–H and O–H groups in total. The van der Waals surface area contributed by atoms with Gasteiger partial charge in [-0.15, -0.1) is 12.4 Å². The Morgan fingerprint density at radius 1 is 1.22 bits per heavy atom. The summed E-state index contributed by atoms with van der Waals surface area (Å²) in [5.74, 6) is -0.0161. The van der Waals surface area contributed by atoms with Crippen LogP contribution in [0.15, 0.2) is 22.8 Å². The first kappa shape index (κ1) is 19.5. The van der Waals surface area contributed by atoms with Gasteiger partial charge in [0.2, 0.25) is 5.91 Å². The minimum Gasteiger partial charge on any atom is -0.464 e. The fourth-order valence-corrected chi connectivity index (χ4v) is 2.48. The van der Waals surface area contributed by atoms with Crippen LogP contribution in [0.2, 0.25) is 0 Å². The normalized spacial score (nSPS) is 11.3. The van der Waals surface area contributed by atoms with Crippen molar-refractivity contribution in [1.29, 1.82) is 0 Å². The molecule has 0 radical (unpaired) electrons. The van der Waals surface area contributed by atoms with Crippen LogP contribution in [0.1, 0.15) is 43.4 Å². The Kier molecular flexibility index (Phi) is 6.66. The molecule has 0 aliphatic heterocycles. The average molecular weight is 339 g/mol. The van der Waals surface area contributed by atoms with Crippen molar-refractivity contribution in [3.8, 4) is 0 Å². The summed E-state index contributed by atoms with van der Waals surface area (Å²) < 4.78 is 5.57. The third-order valence-electron chi connectivity index (χ3n) is 4.67. The Hall–Kier alpha value is -1.52. The van der Waals surface area contributed by atoms with Gasteiger partial charge in [-0.2, -0.15) is 0 Å². The monoisotopic (exact) mass is 338 g/mol. The molecule has 128 valence electrons. The van der Waals surface area contributed by atoms with Crippen LogP contribution in [0.5, 0.6) is 0 Å². The van der Waals surface area contributed by atoms with Gasteiger partial charge in [-0.1, -0.05) is 13.8 Å². The summed E-state index contributed by atoms with van der Waals surface area (Å²) in [5, 5.41) is 3.97. The molecule has 0 spiro atoms. The number of nitrogens with one attached hydrogen (secondary N) is 1. The fourth-order valence-electron chi connectivity index (χ4n) is 2.48. The number of halogens is 1. The van der Waals surface area contributed by atoms with Gasteiger partial charge in [0.05, 0.1) is 12.7 Å². The van der Waals surface area contributed by atoms with E-state index in [0.717, 1.165) is 29.4 Å². The van der Waals surface area contributed by atoms with Gasteiger partial charge < -0.3 is 15.5 Å². The van der Waals surface area contributed by atoms with Crippen molar-refractivity contribution in [1.82, 2.24) is 5.32 Å². The van der Waals surface area contributed by atoms with Crippen LogP contribution in [-0.4, -0.2) is 18.0 Å². The van der Waals surface area contributed by atoms with Gasteiger partial charge in [0, 0.05) is 23.0 Å². The maximum atomic E-state index is 12.2. The molecule has 4 nitrogen and oxygen atoms in total. The average Bonchev–Trinajstić information content (AvgIpc) is 2.87. The topological polar surface area (TPSA) is 68.3 Å². The number of carbonyl (C=O) groups is 1. The third-order valence-corrected chi connectivity index (χ3v) is 4.67. The van der Waals surface area contributed by atoms with E-state index in [1.807, 2.05) is 19.9 Å². The standard InChI is InChI=1S/C18H26N2O2.ClH/c1-5-18(19,6-2)11-20-17(21)9-14-10-22-16-8-13(4)12(3)7-15(14)16;/h7-8,10H,5-6,9,11,19H2,1-4H3,(H,20,21);1H. The Morgan fingerprint density at radius 3 is 2.43 bits per heavy atom. The number of furan rings is 1. The van der Waals surface area contributed by atoms with E-state index in [1.165, 1.54) is 11.1 Å². The zero-order chi connectivity index (χ0) is 16.3. The van der Waals surface area contributed by atoms with Crippen LogP contribution >= 0.6 is 12.4 Å². The first-order valence-corrected chi connectivity index (χ1v) is 7.91. The number of rotatable bonds is 6. The summed E-state index contributed by atoms with van der Waals surface area (Å²) in [6.45, 7) is 8.72. The minimum atomic E-state index is -0.318. The summed E-state index contributed by atoms with van der Waals surface area (Å²) in [5.41, 5.74) is 10.0. The molecular formula is C18H27ClN2O2. The van der Waals surface area contributed by atoms with Crippen LogP contribution in [0.3, 0.4) is 0 Å². The van der Waals surface area contributed by atoms with Gasteiger partial charge in [-0.05, 0) is 49.9 Å². The molecule has 0 saturated carbocycles. The Balaban J connectivity index is 0.00000264. The lowest BCUT2D eigenvalue weighted by atomic mass is 9.94. The summed E-state index contributed by atoms with van der Waals surface area (Å²) >= 11 is 0. The molecule has 0 aliphatic rings. The Bertz CT molecular complexity index is 675. The molecule has 1 aromatic heterocycles. The molecule has 1 amide bonds. The molecule has 1 aromatic carbocycles. The van der Waals surface area contributed by atoms with E-state index in [0.29, 0.717) is 13.0 Å². The maximum absolute atomic E-state index is 12.2. The molecule has 2 aromatic rings. The zero-order valence-electron chi connectivity index (χ0n) is 14.4. The molecular weight excluding hydrogens is 312 g/mol. The van der Waals surface area contributed by atoms with E-state index < -0.39 is 0 Å². The smallest absolute Gasteiger partial charge is 0.224 e. The number of carbonyl (C=O) groups excluding carboxylic acids is 1. The summed E-state index contributed by atoms with van der Waals surface area (Å²) in [7, 11) is 0. The number of hydrogen-bond donors (Lipinski definition) is 2.